The van der Waals surface area contributed by atoms with E-state index in [-0.39, 0.29) is 13.2 Å². The van der Waals surface area contributed by atoms with Crippen molar-refractivity contribution in [3.63, 3.8) is 0 Å². The molecule has 7 nitrogen and oxygen atoms in total. The number of esters is 1. The molecule has 3 atom stereocenters. The molecule has 2 aliphatic rings. The Morgan fingerprint density at radius 2 is 2.00 bits per heavy atom. The van der Waals surface area contributed by atoms with Crippen molar-refractivity contribution >= 4 is 5.97 Å². The normalized spacial score (nSPS) is 28.2. The van der Waals surface area contributed by atoms with Crippen LogP contribution in [0.3, 0.4) is 0 Å². The fourth-order valence-corrected chi connectivity index (χ4v) is 2.29. The van der Waals surface area contributed by atoms with Crippen LogP contribution in [0.4, 0.5) is 0 Å². The Hall–Kier alpha value is -2.09. The number of hydrogen-bond acceptors (Lipinski definition) is 7. The SMILES string of the molecule is O=C1O[C@H]([C@@H]2CO[C@@H](COCc3ccccc3)O2)C(O)=C1O. The monoisotopic (exact) mass is 308 g/mol. The molecule has 0 spiro atoms. The first-order valence-corrected chi connectivity index (χ1v) is 6.87. The summed E-state index contributed by atoms with van der Waals surface area (Å²) in [6.45, 7) is 0.774. The van der Waals surface area contributed by atoms with Crippen LogP contribution in [0.5, 0.6) is 0 Å². The van der Waals surface area contributed by atoms with E-state index in [1.807, 2.05) is 30.3 Å². The molecule has 2 N–H and O–H groups in total. The summed E-state index contributed by atoms with van der Waals surface area (Å²) in [6.07, 6.45) is -2.31. The van der Waals surface area contributed by atoms with Crippen LogP contribution < -0.4 is 0 Å². The molecule has 1 aromatic carbocycles. The van der Waals surface area contributed by atoms with Crippen molar-refractivity contribution in [1.82, 2.24) is 0 Å². The summed E-state index contributed by atoms with van der Waals surface area (Å²) in [4.78, 5) is 11.2. The average Bonchev–Trinajstić information content (AvgIpc) is 3.09. The summed E-state index contributed by atoms with van der Waals surface area (Å²) >= 11 is 0. The van der Waals surface area contributed by atoms with Crippen LogP contribution in [0.2, 0.25) is 0 Å². The van der Waals surface area contributed by atoms with Gasteiger partial charge in [0.25, 0.3) is 0 Å². The van der Waals surface area contributed by atoms with Crippen molar-refractivity contribution in [2.24, 2.45) is 0 Å². The minimum atomic E-state index is -1.04. The van der Waals surface area contributed by atoms with Crippen molar-refractivity contribution in [2.45, 2.75) is 25.1 Å². The number of cyclic esters (lactones) is 1. The second-order valence-corrected chi connectivity index (χ2v) is 5.00. The molecule has 118 valence electrons. The highest BCUT2D eigenvalue weighted by molar-refractivity contribution is 5.89. The zero-order valence-electron chi connectivity index (χ0n) is 11.7. The molecule has 22 heavy (non-hydrogen) atoms. The highest BCUT2D eigenvalue weighted by Gasteiger charge is 2.44. The first kappa shape index (κ1) is 14.8. The maximum atomic E-state index is 11.2. The molecule has 3 rings (SSSR count). The summed E-state index contributed by atoms with van der Waals surface area (Å²) in [6, 6.07) is 9.67. The third-order valence-corrected chi connectivity index (χ3v) is 3.42. The molecule has 0 aliphatic carbocycles. The molecule has 1 aromatic rings. The molecule has 0 aromatic heterocycles. The van der Waals surface area contributed by atoms with Crippen molar-refractivity contribution in [3.8, 4) is 0 Å². The zero-order valence-corrected chi connectivity index (χ0v) is 11.7. The molecule has 1 saturated heterocycles. The molecule has 0 amide bonds. The van der Waals surface area contributed by atoms with E-state index in [1.165, 1.54) is 0 Å². The van der Waals surface area contributed by atoms with Crippen LogP contribution in [0, 0.1) is 0 Å². The van der Waals surface area contributed by atoms with Gasteiger partial charge in [-0.2, -0.15) is 0 Å². The predicted molar refractivity (Wildman–Crippen MR) is 72.9 cm³/mol. The summed E-state index contributed by atoms with van der Waals surface area (Å²) in [7, 11) is 0. The number of rotatable bonds is 5. The lowest BCUT2D eigenvalue weighted by Crippen LogP contribution is -2.31. The molecule has 2 heterocycles. The Bertz CT molecular complexity index is 569. The van der Waals surface area contributed by atoms with E-state index in [9.17, 15) is 15.0 Å². The molecule has 1 fully saturated rings. The second-order valence-electron chi connectivity index (χ2n) is 5.00. The first-order valence-electron chi connectivity index (χ1n) is 6.87. The Balaban J connectivity index is 1.46. The summed E-state index contributed by atoms with van der Waals surface area (Å²) in [5.41, 5.74) is 1.03. The number of hydrogen-bond donors (Lipinski definition) is 2. The maximum absolute atomic E-state index is 11.2. The standard InChI is InChI=1S/C15H16O7/c16-12-13(17)15(18)22-14(12)10-7-20-11(21-10)8-19-6-9-4-2-1-3-5-9/h1-5,10-11,14,16-17H,6-8H2/t10-,11+,14+/m0/s1. The van der Waals surface area contributed by atoms with Gasteiger partial charge in [-0.1, -0.05) is 30.3 Å². The van der Waals surface area contributed by atoms with Gasteiger partial charge >= 0.3 is 5.97 Å². The number of benzene rings is 1. The largest absolute Gasteiger partial charge is 0.505 e. The van der Waals surface area contributed by atoms with Gasteiger partial charge < -0.3 is 29.2 Å². The second kappa shape index (κ2) is 6.35. The Morgan fingerprint density at radius 1 is 1.23 bits per heavy atom. The van der Waals surface area contributed by atoms with Crippen molar-refractivity contribution in [1.29, 1.82) is 0 Å². The highest BCUT2D eigenvalue weighted by atomic mass is 16.7. The van der Waals surface area contributed by atoms with Gasteiger partial charge in [0.15, 0.2) is 18.2 Å². The molecule has 0 unspecified atom stereocenters. The Labute approximate surface area is 126 Å². The number of carbonyl (C=O) groups is 1. The van der Waals surface area contributed by atoms with Crippen LogP contribution in [0.25, 0.3) is 0 Å². The lowest BCUT2D eigenvalue weighted by atomic mass is 10.2. The van der Waals surface area contributed by atoms with E-state index in [0.717, 1.165) is 5.56 Å². The maximum Gasteiger partial charge on any atom is 0.377 e. The molecule has 2 aliphatic heterocycles. The topological polar surface area (TPSA) is 94.5 Å². The minimum Gasteiger partial charge on any atom is -0.505 e. The van der Waals surface area contributed by atoms with E-state index < -0.39 is 36.0 Å². The van der Waals surface area contributed by atoms with E-state index >= 15 is 0 Å². The van der Waals surface area contributed by atoms with Gasteiger partial charge in [0.2, 0.25) is 5.76 Å². The Morgan fingerprint density at radius 3 is 2.68 bits per heavy atom. The van der Waals surface area contributed by atoms with Crippen LogP contribution in [-0.4, -0.2) is 47.9 Å². The fourth-order valence-electron chi connectivity index (χ4n) is 2.29. The van der Waals surface area contributed by atoms with Gasteiger partial charge in [-0.25, -0.2) is 4.79 Å². The number of aliphatic hydroxyl groups excluding tert-OH is 2. The van der Waals surface area contributed by atoms with Crippen molar-refractivity contribution < 1.29 is 34.0 Å². The molecule has 0 bridgehead atoms. The van der Waals surface area contributed by atoms with Crippen LogP contribution >= 0.6 is 0 Å². The van der Waals surface area contributed by atoms with Crippen LogP contribution in [-0.2, 0) is 30.3 Å². The number of ether oxygens (including phenoxy) is 4. The first-order chi connectivity index (χ1) is 10.6. The molecular weight excluding hydrogens is 292 g/mol. The summed E-state index contributed by atoms with van der Waals surface area (Å²) in [5.74, 6) is -2.27. The van der Waals surface area contributed by atoms with Gasteiger partial charge in [-0.05, 0) is 5.56 Å². The smallest absolute Gasteiger partial charge is 0.377 e. The van der Waals surface area contributed by atoms with Gasteiger partial charge in [0.05, 0.1) is 19.8 Å². The highest BCUT2D eigenvalue weighted by Crippen LogP contribution is 2.27. The number of carbonyl (C=O) groups excluding carboxylic acids is 1. The average molecular weight is 308 g/mol. The molecule has 7 heteroatoms. The number of aliphatic hydroxyl groups is 2. The Kier molecular flexibility index (Phi) is 4.28. The lowest BCUT2D eigenvalue weighted by Gasteiger charge is -2.16. The molecule has 0 saturated carbocycles. The van der Waals surface area contributed by atoms with Crippen LogP contribution in [0.1, 0.15) is 5.56 Å². The lowest BCUT2D eigenvalue weighted by molar-refractivity contribution is -0.152. The van der Waals surface area contributed by atoms with Crippen molar-refractivity contribution in [3.05, 3.63) is 47.4 Å². The quantitative estimate of drug-likeness (QED) is 0.789. The van der Waals surface area contributed by atoms with E-state index in [1.54, 1.807) is 0 Å². The van der Waals surface area contributed by atoms with Gasteiger partial charge in [0, 0.05) is 0 Å². The third kappa shape index (κ3) is 3.06. The summed E-state index contributed by atoms with van der Waals surface area (Å²) < 4.78 is 21.2. The van der Waals surface area contributed by atoms with E-state index in [4.69, 9.17) is 18.9 Å². The van der Waals surface area contributed by atoms with Gasteiger partial charge in [0.1, 0.15) is 6.10 Å². The zero-order chi connectivity index (χ0) is 15.5. The van der Waals surface area contributed by atoms with Crippen LogP contribution in [0.15, 0.2) is 41.9 Å². The molecule has 0 radical (unpaired) electrons. The fraction of sp³-hybridized carbons (Fsp3) is 0.400. The van der Waals surface area contributed by atoms with Gasteiger partial charge in [-0.3, -0.25) is 0 Å². The molecular formula is C15H16O7. The predicted octanol–water partition coefficient (Wildman–Crippen LogP) is 1.20. The third-order valence-electron chi connectivity index (χ3n) is 3.42. The van der Waals surface area contributed by atoms with E-state index in [0.29, 0.717) is 6.61 Å². The van der Waals surface area contributed by atoms with Gasteiger partial charge in [-0.15, -0.1) is 0 Å². The van der Waals surface area contributed by atoms with E-state index in [2.05, 4.69) is 0 Å². The minimum absolute atomic E-state index is 0.134. The summed E-state index contributed by atoms with van der Waals surface area (Å²) in [5, 5.41) is 18.9. The van der Waals surface area contributed by atoms with Crippen molar-refractivity contribution in [2.75, 3.05) is 13.2 Å².